The van der Waals surface area contributed by atoms with E-state index >= 15 is 0 Å². The molecule has 0 fully saturated rings. The molecular formula is C13H18FNO. The Morgan fingerprint density at radius 1 is 1.44 bits per heavy atom. The van der Waals surface area contributed by atoms with E-state index in [1.807, 2.05) is 19.9 Å². The molecule has 1 N–H and O–H groups in total. The van der Waals surface area contributed by atoms with E-state index in [1.165, 1.54) is 6.07 Å². The summed E-state index contributed by atoms with van der Waals surface area (Å²) in [6.07, 6.45) is 2.55. The molecule has 3 heteroatoms. The van der Waals surface area contributed by atoms with Crippen LogP contribution in [0.25, 0.3) is 0 Å². The number of hydrogen-bond acceptors (Lipinski definition) is 2. The van der Waals surface area contributed by atoms with Crippen molar-refractivity contribution in [1.29, 1.82) is 0 Å². The lowest BCUT2D eigenvalue weighted by Gasteiger charge is -2.14. The molecule has 0 amide bonds. The van der Waals surface area contributed by atoms with E-state index in [2.05, 4.69) is 5.32 Å². The Balaban J connectivity index is 2.84. The molecule has 1 rings (SSSR count). The Labute approximate surface area is 95.9 Å². The highest BCUT2D eigenvalue weighted by atomic mass is 19.1. The molecule has 0 radical (unpaired) electrons. The zero-order valence-corrected chi connectivity index (χ0v) is 10.0. The lowest BCUT2D eigenvalue weighted by molar-refractivity contribution is -0.108. The number of benzene rings is 1. The Morgan fingerprint density at radius 2 is 2.12 bits per heavy atom. The number of aryl methyl sites for hydroxylation is 1. The first-order valence-corrected chi connectivity index (χ1v) is 5.57. The molecule has 0 saturated heterocycles. The van der Waals surface area contributed by atoms with Crippen molar-refractivity contribution >= 4 is 12.0 Å². The molecule has 0 heterocycles. The fourth-order valence-corrected chi connectivity index (χ4v) is 1.60. The molecule has 2 nitrogen and oxygen atoms in total. The van der Waals surface area contributed by atoms with Crippen molar-refractivity contribution in [3.8, 4) is 0 Å². The molecule has 1 atom stereocenters. The van der Waals surface area contributed by atoms with Crippen LogP contribution >= 0.6 is 0 Å². The number of nitrogens with one attached hydrogen (secondary N) is 1. The van der Waals surface area contributed by atoms with Crippen LogP contribution in [0, 0.1) is 19.7 Å². The number of halogens is 1. The number of aldehydes is 1. The molecule has 1 aromatic rings. The maximum absolute atomic E-state index is 13.5. The van der Waals surface area contributed by atoms with Gasteiger partial charge in [0.2, 0.25) is 0 Å². The van der Waals surface area contributed by atoms with Gasteiger partial charge in [-0.15, -0.1) is 0 Å². The lowest BCUT2D eigenvalue weighted by Crippen LogP contribution is -2.20. The summed E-state index contributed by atoms with van der Waals surface area (Å²) in [5, 5.41) is 3.03. The minimum absolute atomic E-state index is 0.230. The Morgan fingerprint density at radius 3 is 2.62 bits per heavy atom. The van der Waals surface area contributed by atoms with Crippen molar-refractivity contribution in [2.45, 2.75) is 39.7 Å². The molecule has 0 spiro atoms. The van der Waals surface area contributed by atoms with Gasteiger partial charge in [0.1, 0.15) is 12.1 Å². The zero-order valence-electron chi connectivity index (χ0n) is 10.0. The van der Waals surface area contributed by atoms with Crippen LogP contribution in [0.3, 0.4) is 0 Å². The molecule has 0 bridgehead atoms. The van der Waals surface area contributed by atoms with Gasteiger partial charge < -0.3 is 10.1 Å². The molecular weight excluding hydrogens is 205 g/mol. The molecule has 0 aliphatic rings. The smallest absolute Gasteiger partial charge is 0.142 e. The van der Waals surface area contributed by atoms with Gasteiger partial charge in [-0.25, -0.2) is 4.39 Å². The van der Waals surface area contributed by atoms with Crippen LogP contribution in [0.2, 0.25) is 0 Å². The predicted molar refractivity (Wildman–Crippen MR) is 64.3 cm³/mol. The first-order chi connectivity index (χ1) is 7.58. The van der Waals surface area contributed by atoms with E-state index < -0.39 is 0 Å². The highest BCUT2D eigenvalue weighted by Crippen LogP contribution is 2.19. The van der Waals surface area contributed by atoms with E-state index in [1.54, 1.807) is 6.92 Å². The molecule has 16 heavy (non-hydrogen) atoms. The second kappa shape index (κ2) is 5.64. The number of carbonyl (C=O) groups is 1. The summed E-state index contributed by atoms with van der Waals surface area (Å²) in [7, 11) is 0. The van der Waals surface area contributed by atoms with E-state index in [4.69, 9.17) is 0 Å². The monoisotopic (exact) mass is 223 g/mol. The maximum Gasteiger partial charge on any atom is 0.142 e. The summed E-state index contributed by atoms with van der Waals surface area (Å²) in [6.45, 7) is 5.62. The molecule has 1 unspecified atom stereocenters. The van der Waals surface area contributed by atoms with Gasteiger partial charge in [-0.3, -0.25) is 0 Å². The van der Waals surface area contributed by atoms with Crippen LogP contribution in [0.15, 0.2) is 12.1 Å². The van der Waals surface area contributed by atoms with Crippen LogP contribution < -0.4 is 5.32 Å². The fourth-order valence-electron chi connectivity index (χ4n) is 1.60. The Bertz CT molecular complexity index is 353. The molecule has 0 saturated carbocycles. The van der Waals surface area contributed by atoms with Gasteiger partial charge in [0, 0.05) is 5.69 Å². The van der Waals surface area contributed by atoms with Crippen molar-refractivity contribution in [3.05, 3.63) is 29.1 Å². The van der Waals surface area contributed by atoms with Crippen molar-refractivity contribution in [3.63, 3.8) is 0 Å². The maximum atomic E-state index is 13.5. The average Bonchev–Trinajstić information content (AvgIpc) is 2.25. The minimum atomic E-state index is -0.233. The SMILES string of the molecule is CCCC(C=O)Nc1cc(C)c(C)c(F)c1. The van der Waals surface area contributed by atoms with Gasteiger partial charge >= 0.3 is 0 Å². The Hall–Kier alpha value is -1.38. The van der Waals surface area contributed by atoms with E-state index in [-0.39, 0.29) is 11.9 Å². The largest absolute Gasteiger partial charge is 0.375 e. The molecule has 0 aliphatic carbocycles. The summed E-state index contributed by atoms with van der Waals surface area (Å²) in [5.74, 6) is -0.233. The van der Waals surface area contributed by atoms with E-state index in [0.717, 1.165) is 24.7 Å². The highest BCUT2D eigenvalue weighted by molar-refractivity contribution is 5.64. The van der Waals surface area contributed by atoms with Crippen LogP contribution in [-0.2, 0) is 4.79 Å². The summed E-state index contributed by atoms with van der Waals surface area (Å²) in [5.41, 5.74) is 2.22. The second-order valence-electron chi connectivity index (χ2n) is 4.08. The van der Waals surface area contributed by atoms with Crippen LogP contribution in [0.1, 0.15) is 30.9 Å². The van der Waals surface area contributed by atoms with Gasteiger partial charge in [0.15, 0.2) is 0 Å². The quantitative estimate of drug-likeness (QED) is 0.776. The first kappa shape index (κ1) is 12.7. The van der Waals surface area contributed by atoms with Gasteiger partial charge in [0.05, 0.1) is 6.04 Å². The van der Waals surface area contributed by atoms with Crippen molar-refractivity contribution in [2.75, 3.05) is 5.32 Å². The zero-order chi connectivity index (χ0) is 12.1. The molecule has 88 valence electrons. The standard InChI is InChI=1S/C13H18FNO/c1-4-5-11(8-16)15-12-6-9(2)10(3)13(14)7-12/h6-8,11,15H,4-5H2,1-3H3. The topological polar surface area (TPSA) is 29.1 Å². The molecule has 0 aliphatic heterocycles. The number of anilines is 1. The third-order valence-corrected chi connectivity index (χ3v) is 2.72. The van der Waals surface area contributed by atoms with Gasteiger partial charge in [-0.1, -0.05) is 13.3 Å². The number of hydrogen-bond donors (Lipinski definition) is 1. The minimum Gasteiger partial charge on any atom is -0.375 e. The van der Waals surface area contributed by atoms with E-state index in [0.29, 0.717) is 11.3 Å². The summed E-state index contributed by atoms with van der Waals surface area (Å²) in [4.78, 5) is 10.8. The third kappa shape index (κ3) is 3.05. The summed E-state index contributed by atoms with van der Waals surface area (Å²) < 4.78 is 13.5. The van der Waals surface area contributed by atoms with Crippen LogP contribution in [-0.4, -0.2) is 12.3 Å². The van der Waals surface area contributed by atoms with E-state index in [9.17, 15) is 9.18 Å². The molecule has 0 aromatic heterocycles. The normalized spacial score (nSPS) is 12.2. The second-order valence-corrected chi connectivity index (χ2v) is 4.08. The fraction of sp³-hybridized carbons (Fsp3) is 0.462. The van der Waals surface area contributed by atoms with Gasteiger partial charge in [-0.2, -0.15) is 0 Å². The predicted octanol–water partition coefficient (Wildman–Crippen LogP) is 3.22. The van der Waals surface area contributed by atoms with Crippen LogP contribution in [0.4, 0.5) is 10.1 Å². The van der Waals surface area contributed by atoms with Crippen molar-refractivity contribution < 1.29 is 9.18 Å². The van der Waals surface area contributed by atoms with Crippen LogP contribution in [0.5, 0.6) is 0 Å². The first-order valence-electron chi connectivity index (χ1n) is 5.57. The van der Waals surface area contributed by atoms with Crippen molar-refractivity contribution in [2.24, 2.45) is 0 Å². The average molecular weight is 223 g/mol. The Kier molecular flexibility index (Phi) is 4.47. The molecule has 1 aromatic carbocycles. The van der Waals surface area contributed by atoms with Gasteiger partial charge in [-0.05, 0) is 43.5 Å². The summed E-state index contributed by atoms with van der Waals surface area (Å²) in [6, 6.07) is 3.07. The highest BCUT2D eigenvalue weighted by Gasteiger charge is 2.08. The third-order valence-electron chi connectivity index (χ3n) is 2.72. The van der Waals surface area contributed by atoms with Crippen molar-refractivity contribution in [1.82, 2.24) is 0 Å². The van der Waals surface area contributed by atoms with Gasteiger partial charge in [0.25, 0.3) is 0 Å². The number of carbonyl (C=O) groups excluding carboxylic acids is 1. The number of rotatable bonds is 5. The summed E-state index contributed by atoms with van der Waals surface area (Å²) >= 11 is 0. The lowest BCUT2D eigenvalue weighted by atomic mass is 10.1.